The molecule has 2 aliphatic rings. The smallest absolute Gasteiger partial charge is 0.430 e. The Kier molecular flexibility index (Phi) is 10.1. The van der Waals surface area contributed by atoms with Crippen LogP contribution in [-0.4, -0.2) is 84.2 Å². The summed E-state index contributed by atoms with van der Waals surface area (Å²) in [4.78, 5) is 19.2. The van der Waals surface area contributed by atoms with Gasteiger partial charge in [-0.2, -0.15) is 26.3 Å². The molecule has 1 unspecified atom stereocenters. The molecule has 0 bridgehead atoms. The molecule has 0 radical (unpaired) electrons. The van der Waals surface area contributed by atoms with Crippen molar-refractivity contribution in [2.45, 2.75) is 83.2 Å². The van der Waals surface area contributed by atoms with Gasteiger partial charge in [0, 0.05) is 49.6 Å². The average Bonchev–Trinajstić information content (AvgIpc) is 3.33. The van der Waals surface area contributed by atoms with Crippen LogP contribution in [-0.2, 0) is 15.9 Å². The monoisotopic (exact) mass is 656 g/mol. The van der Waals surface area contributed by atoms with Gasteiger partial charge in [0.1, 0.15) is 5.75 Å². The van der Waals surface area contributed by atoms with E-state index in [2.05, 4.69) is 12.2 Å². The first-order valence-electron chi connectivity index (χ1n) is 15.2. The van der Waals surface area contributed by atoms with Crippen LogP contribution in [0.25, 0.3) is 6.08 Å². The predicted octanol–water partition coefficient (Wildman–Crippen LogP) is 6.02. The maximum absolute atomic E-state index is 13.6. The second-order valence-corrected chi connectivity index (χ2v) is 12.7. The molecular formula is C33H42F6N4O3. The van der Waals surface area contributed by atoms with Crippen LogP contribution in [0.1, 0.15) is 58.2 Å². The van der Waals surface area contributed by atoms with E-state index in [4.69, 9.17) is 4.74 Å². The summed E-state index contributed by atoms with van der Waals surface area (Å²) in [6.45, 7) is 13.2. The maximum atomic E-state index is 13.6. The first-order chi connectivity index (χ1) is 21.3. The van der Waals surface area contributed by atoms with E-state index in [1.54, 1.807) is 11.8 Å². The number of amides is 1. The second-order valence-electron chi connectivity index (χ2n) is 12.7. The highest BCUT2D eigenvalue weighted by Gasteiger charge is 2.71. The van der Waals surface area contributed by atoms with Crippen LogP contribution in [0.2, 0.25) is 0 Å². The number of carbonyl (C=O) groups is 1. The number of hydrogen-bond donors (Lipinski definition) is 2. The van der Waals surface area contributed by atoms with Gasteiger partial charge in [-0.3, -0.25) is 15.0 Å². The van der Waals surface area contributed by atoms with E-state index in [0.717, 1.165) is 17.4 Å². The van der Waals surface area contributed by atoms with Crippen LogP contribution in [0.3, 0.4) is 0 Å². The summed E-state index contributed by atoms with van der Waals surface area (Å²) in [5.41, 5.74) is -5.13. The minimum atomic E-state index is -5.98. The number of alkyl halides is 6. The third-order valence-electron chi connectivity index (χ3n) is 8.68. The van der Waals surface area contributed by atoms with Gasteiger partial charge in [0.05, 0.1) is 18.2 Å². The van der Waals surface area contributed by atoms with Crippen molar-refractivity contribution in [1.82, 2.24) is 15.1 Å². The highest BCUT2D eigenvalue weighted by Crippen LogP contribution is 2.50. The molecule has 1 amide bonds. The number of benzene rings is 2. The maximum Gasteiger partial charge on any atom is 0.430 e. The number of aliphatic hydroxyl groups is 1. The Morgan fingerprint density at radius 1 is 1.04 bits per heavy atom. The van der Waals surface area contributed by atoms with E-state index in [9.17, 15) is 36.2 Å². The minimum absolute atomic E-state index is 0.0680. The quantitative estimate of drug-likeness (QED) is 0.339. The van der Waals surface area contributed by atoms with E-state index in [-0.39, 0.29) is 41.7 Å². The molecule has 0 spiro atoms. The molecule has 2 aromatic carbocycles. The number of allylic oxidation sites excluding steroid dienone is 1. The lowest BCUT2D eigenvalue weighted by Crippen LogP contribution is -2.59. The van der Waals surface area contributed by atoms with Crippen molar-refractivity contribution in [2.75, 3.05) is 37.7 Å². The van der Waals surface area contributed by atoms with Crippen molar-refractivity contribution in [3.63, 3.8) is 0 Å². The number of carbonyl (C=O) groups excluding carboxylic acids is 1. The normalized spacial score (nSPS) is 23.5. The summed E-state index contributed by atoms with van der Waals surface area (Å²) in [5, 5.41) is 13.5. The molecule has 7 nitrogen and oxygen atoms in total. The zero-order valence-electron chi connectivity index (χ0n) is 26.8. The molecule has 0 aromatic heterocycles. The summed E-state index contributed by atoms with van der Waals surface area (Å²) in [6.07, 6.45) is -8.99. The molecule has 2 fully saturated rings. The summed E-state index contributed by atoms with van der Waals surface area (Å²) in [7, 11) is 0. The topological polar surface area (TPSA) is 68.3 Å². The Labute approximate surface area is 265 Å². The number of nitrogens with zero attached hydrogens (tertiary/aromatic N) is 3. The molecule has 2 aliphatic heterocycles. The van der Waals surface area contributed by atoms with E-state index in [0.29, 0.717) is 38.1 Å². The SMILES string of the molecule is C/C=C\c1cc(C(O)(C(F)(F)F)C(F)(F)F)ccc1N1C[C@H](C)N(C(=O)CN2CN[C@](C)(c3ccc(OC(C)C)cc3)C2)CC1C. The fourth-order valence-corrected chi connectivity index (χ4v) is 6.26. The summed E-state index contributed by atoms with van der Waals surface area (Å²) >= 11 is 0. The Balaban J connectivity index is 1.47. The summed E-state index contributed by atoms with van der Waals surface area (Å²) in [6, 6.07) is 9.87. The number of ether oxygens (including phenoxy) is 1. The number of anilines is 1. The van der Waals surface area contributed by atoms with E-state index < -0.39 is 23.5 Å². The molecule has 13 heteroatoms. The number of rotatable bonds is 8. The average molecular weight is 657 g/mol. The van der Waals surface area contributed by atoms with Crippen LogP contribution in [0.4, 0.5) is 32.0 Å². The van der Waals surface area contributed by atoms with Crippen LogP contribution in [0.5, 0.6) is 5.75 Å². The minimum Gasteiger partial charge on any atom is -0.491 e. The Morgan fingerprint density at radius 3 is 2.24 bits per heavy atom. The lowest BCUT2D eigenvalue weighted by atomic mass is 9.89. The van der Waals surface area contributed by atoms with Crippen LogP contribution in [0, 0.1) is 0 Å². The molecule has 0 saturated carbocycles. The lowest BCUT2D eigenvalue weighted by molar-refractivity contribution is -0.376. The van der Waals surface area contributed by atoms with Gasteiger partial charge in [-0.05, 0) is 76.9 Å². The third kappa shape index (κ3) is 7.01. The zero-order chi connectivity index (χ0) is 34.2. The molecule has 2 saturated heterocycles. The molecule has 2 N–H and O–H groups in total. The first kappa shape index (κ1) is 35.6. The van der Waals surface area contributed by atoms with Gasteiger partial charge in [-0.15, -0.1) is 0 Å². The standard InChI is InChI=1S/C33H42F6N4O3/c1-7-8-24-15-26(31(45,32(34,35)36)33(37,38)39)11-14-28(24)42-16-23(5)43(17-22(42)4)29(44)18-41-19-30(6,40-20-41)25-9-12-27(13-10-25)46-21(2)3/h7-15,21-23,40,45H,16-20H2,1-6H3/b8-7-/t22?,23-,30-/m0/s1. The molecule has 0 aliphatic carbocycles. The number of nitrogens with one attached hydrogen (secondary N) is 1. The largest absolute Gasteiger partial charge is 0.491 e. The van der Waals surface area contributed by atoms with Crippen molar-refractivity contribution in [3.05, 3.63) is 65.2 Å². The van der Waals surface area contributed by atoms with Crippen molar-refractivity contribution in [3.8, 4) is 5.75 Å². The third-order valence-corrected chi connectivity index (χ3v) is 8.68. The summed E-state index contributed by atoms with van der Waals surface area (Å²) < 4.78 is 87.2. The molecule has 3 atom stereocenters. The van der Waals surface area contributed by atoms with Crippen molar-refractivity contribution in [1.29, 1.82) is 0 Å². The van der Waals surface area contributed by atoms with Gasteiger partial charge in [0.2, 0.25) is 5.91 Å². The number of piperazine rings is 1. The molecule has 46 heavy (non-hydrogen) atoms. The zero-order valence-corrected chi connectivity index (χ0v) is 26.8. The van der Waals surface area contributed by atoms with E-state index in [1.807, 2.05) is 61.8 Å². The highest BCUT2D eigenvalue weighted by molar-refractivity contribution is 5.79. The van der Waals surface area contributed by atoms with Gasteiger partial charge in [0.15, 0.2) is 0 Å². The van der Waals surface area contributed by atoms with Crippen LogP contribution >= 0.6 is 0 Å². The number of halogens is 6. The van der Waals surface area contributed by atoms with Gasteiger partial charge >= 0.3 is 12.4 Å². The lowest BCUT2D eigenvalue weighted by Gasteiger charge is -2.46. The van der Waals surface area contributed by atoms with E-state index in [1.165, 1.54) is 18.2 Å². The molecule has 2 heterocycles. The Morgan fingerprint density at radius 2 is 1.67 bits per heavy atom. The van der Waals surface area contributed by atoms with Gasteiger partial charge in [-0.25, -0.2) is 0 Å². The Hall–Kier alpha value is -3.29. The van der Waals surface area contributed by atoms with Gasteiger partial charge in [-0.1, -0.05) is 30.4 Å². The van der Waals surface area contributed by atoms with Crippen molar-refractivity contribution < 1.29 is 41.0 Å². The van der Waals surface area contributed by atoms with E-state index >= 15 is 0 Å². The second kappa shape index (κ2) is 13.1. The van der Waals surface area contributed by atoms with Gasteiger partial charge in [0.25, 0.3) is 5.60 Å². The molecule has 2 aromatic rings. The summed E-state index contributed by atoms with van der Waals surface area (Å²) in [5.74, 6) is 0.711. The first-order valence-corrected chi connectivity index (χ1v) is 15.2. The molecule has 4 rings (SSSR count). The van der Waals surface area contributed by atoms with Crippen molar-refractivity contribution >= 4 is 17.7 Å². The van der Waals surface area contributed by atoms with Crippen LogP contribution in [0.15, 0.2) is 48.5 Å². The molecular weight excluding hydrogens is 614 g/mol. The van der Waals surface area contributed by atoms with Gasteiger partial charge < -0.3 is 19.6 Å². The fourth-order valence-electron chi connectivity index (χ4n) is 6.26. The highest BCUT2D eigenvalue weighted by atomic mass is 19.4. The van der Waals surface area contributed by atoms with Crippen molar-refractivity contribution in [2.24, 2.45) is 0 Å². The fraction of sp³-hybridized carbons (Fsp3) is 0.545. The van der Waals surface area contributed by atoms with Crippen LogP contribution < -0.4 is 15.0 Å². The number of hydrogen-bond acceptors (Lipinski definition) is 6. The predicted molar refractivity (Wildman–Crippen MR) is 164 cm³/mol. The molecule has 254 valence electrons. The Bertz CT molecular complexity index is 1400.